The van der Waals surface area contributed by atoms with Gasteiger partial charge in [-0.15, -0.1) is 0 Å². The molecule has 0 atom stereocenters. The van der Waals surface area contributed by atoms with E-state index in [0.717, 1.165) is 4.90 Å². The van der Waals surface area contributed by atoms with Gasteiger partial charge in [0.2, 0.25) is 0 Å². The first-order valence-corrected chi connectivity index (χ1v) is 13.7. The van der Waals surface area contributed by atoms with Crippen molar-refractivity contribution in [3.05, 3.63) is 85.8 Å². The Kier molecular flexibility index (Phi) is 9.92. The first-order chi connectivity index (χ1) is 19.2. The lowest BCUT2D eigenvalue weighted by Gasteiger charge is -2.13. The minimum atomic E-state index is -0.603. The summed E-state index contributed by atoms with van der Waals surface area (Å²) < 4.78 is 10.7. The molecule has 0 spiro atoms. The standard InChI is InChI=1S/C28H22Cl4N2O6/c29-23-21-22(24(30)26(32)25(23)31)28(38)34(27(21)37)14-6-2-5-9-20(36)39-15-19(35)33-16-10-12-18(13-11-16)40-17-7-3-1-4-8-17/h1,3-4,7-8,10-13H,2,5-6,9,14-15H2,(H,33,35). The molecule has 3 aromatic rings. The lowest BCUT2D eigenvalue weighted by molar-refractivity contribution is -0.147. The fourth-order valence-corrected chi connectivity index (χ4v) is 4.98. The van der Waals surface area contributed by atoms with E-state index in [1.165, 1.54) is 0 Å². The molecule has 8 nitrogen and oxygen atoms in total. The van der Waals surface area contributed by atoms with Crippen LogP contribution in [0.1, 0.15) is 46.4 Å². The molecule has 0 bridgehead atoms. The Labute approximate surface area is 250 Å². The van der Waals surface area contributed by atoms with E-state index < -0.39 is 30.3 Å². The summed E-state index contributed by atoms with van der Waals surface area (Å²) >= 11 is 24.3. The maximum Gasteiger partial charge on any atom is 0.306 e. The monoisotopic (exact) mass is 622 g/mol. The molecule has 1 N–H and O–H groups in total. The van der Waals surface area contributed by atoms with Crippen LogP contribution in [0, 0.1) is 0 Å². The molecule has 0 radical (unpaired) electrons. The van der Waals surface area contributed by atoms with Gasteiger partial charge in [0.1, 0.15) is 11.5 Å². The van der Waals surface area contributed by atoms with Crippen LogP contribution < -0.4 is 10.1 Å². The number of nitrogens with one attached hydrogen (secondary N) is 1. The number of hydrogen-bond acceptors (Lipinski definition) is 6. The zero-order valence-electron chi connectivity index (χ0n) is 20.8. The molecule has 3 amide bonds. The lowest BCUT2D eigenvalue weighted by Crippen LogP contribution is -2.30. The second kappa shape index (κ2) is 13.4. The van der Waals surface area contributed by atoms with E-state index in [1.807, 2.05) is 30.3 Å². The highest BCUT2D eigenvalue weighted by Crippen LogP contribution is 2.44. The third-order valence-corrected chi connectivity index (χ3v) is 7.73. The zero-order valence-corrected chi connectivity index (χ0v) is 23.9. The summed E-state index contributed by atoms with van der Waals surface area (Å²) in [5.41, 5.74) is 0.399. The van der Waals surface area contributed by atoms with Crippen LogP contribution in [0.5, 0.6) is 11.5 Å². The Balaban J connectivity index is 1.14. The number of ether oxygens (including phenoxy) is 2. The number of rotatable bonds is 11. The maximum absolute atomic E-state index is 12.7. The summed E-state index contributed by atoms with van der Waals surface area (Å²) in [5.74, 6) is -0.914. The Morgan fingerprint density at radius 1 is 0.725 bits per heavy atom. The van der Waals surface area contributed by atoms with Crippen molar-refractivity contribution in [2.75, 3.05) is 18.5 Å². The van der Waals surface area contributed by atoms with Crippen molar-refractivity contribution >= 4 is 75.8 Å². The van der Waals surface area contributed by atoms with Gasteiger partial charge in [-0.25, -0.2) is 0 Å². The Morgan fingerprint density at radius 2 is 1.30 bits per heavy atom. The van der Waals surface area contributed by atoms with Crippen molar-refractivity contribution in [1.29, 1.82) is 0 Å². The number of carbonyl (C=O) groups excluding carboxylic acids is 4. The predicted molar refractivity (Wildman–Crippen MR) is 153 cm³/mol. The second-order valence-corrected chi connectivity index (χ2v) is 10.2. The van der Waals surface area contributed by atoms with E-state index >= 15 is 0 Å². The van der Waals surface area contributed by atoms with Crippen molar-refractivity contribution in [3.63, 3.8) is 0 Å². The van der Waals surface area contributed by atoms with E-state index in [1.54, 1.807) is 24.3 Å². The van der Waals surface area contributed by atoms with Gasteiger partial charge in [0.15, 0.2) is 6.61 Å². The van der Waals surface area contributed by atoms with Gasteiger partial charge in [-0.1, -0.05) is 71.0 Å². The number of anilines is 1. The van der Waals surface area contributed by atoms with Crippen molar-refractivity contribution < 1.29 is 28.7 Å². The van der Waals surface area contributed by atoms with E-state index in [0.29, 0.717) is 36.4 Å². The number of carbonyl (C=O) groups is 4. The number of hydrogen-bond donors (Lipinski definition) is 1. The fourth-order valence-electron chi connectivity index (χ4n) is 3.96. The van der Waals surface area contributed by atoms with Gasteiger partial charge in [-0.2, -0.15) is 0 Å². The van der Waals surface area contributed by atoms with Gasteiger partial charge in [0.05, 0.1) is 31.2 Å². The highest BCUT2D eigenvalue weighted by Gasteiger charge is 2.41. The molecule has 1 heterocycles. The molecule has 3 aromatic carbocycles. The molecule has 12 heteroatoms. The molecular weight excluding hydrogens is 602 g/mol. The summed E-state index contributed by atoms with van der Waals surface area (Å²) in [5, 5.41) is 2.24. The summed E-state index contributed by atoms with van der Waals surface area (Å²) in [4.78, 5) is 50.7. The van der Waals surface area contributed by atoms with E-state index in [2.05, 4.69) is 5.32 Å². The van der Waals surface area contributed by atoms with Crippen molar-refractivity contribution in [1.82, 2.24) is 4.90 Å². The number of amides is 3. The molecule has 1 aliphatic rings. The van der Waals surface area contributed by atoms with Crippen LogP contribution in [0.15, 0.2) is 54.6 Å². The zero-order chi connectivity index (χ0) is 28.8. The Hall–Kier alpha value is -3.30. The molecule has 4 rings (SSSR count). The van der Waals surface area contributed by atoms with Crippen LogP contribution in [-0.4, -0.2) is 41.7 Å². The van der Waals surface area contributed by atoms with E-state index in [-0.39, 0.29) is 44.2 Å². The average molecular weight is 624 g/mol. The molecule has 208 valence electrons. The molecule has 0 unspecified atom stereocenters. The SMILES string of the molecule is O=C(COC(=O)CCCCCN1C(=O)c2c(Cl)c(Cl)c(Cl)c(Cl)c2C1=O)Nc1ccc(Oc2ccccc2)cc1. The first kappa shape index (κ1) is 29.7. The lowest BCUT2D eigenvalue weighted by atomic mass is 10.1. The van der Waals surface area contributed by atoms with Crippen molar-refractivity contribution in [3.8, 4) is 11.5 Å². The molecule has 40 heavy (non-hydrogen) atoms. The van der Waals surface area contributed by atoms with Gasteiger partial charge < -0.3 is 14.8 Å². The third-order valence-electron chi connectivity index (χ3n) is 5.93. The highest BCUT2D eigenvalue weighted by atomic mass is 35.5. The first-order valence-electron chi connectivity index (χ1n) is 12.2. The van der Waals surface area contributed by atoms with Gasteiger partial charge in [-0.3, -0.25) is 24.1 Å². The molecule has 0 aromatic heterocycles. The number of imide groups is 1. The largest absolute Gasteiger partial charge is 0.457 e. The molecule has 0 aliphatic carbocycles. The predicted octanol–water partition coefficient (Wildman–Crippen LogP) is 7.43. The average Bonchev–Trinajstić information content (AvgIpc) is 3.20. The van der Waals surface area contributed by atoms with Crippen molar-refractivity contribution in [2.24, 2.45) is 0 Å². The van der Waals surface area contributed by atoms with E-state index in [9.17, 15) is 19.2 Å². The summed E-state index contributed by atoms with van der Waals surface area (Å²) in [6.45, 7) is -0.330. The van der Waals surface area contributed by atoms with Crippen molar-refractivity contribution in [2.45, 2.75) is 25.7 Å². The van der Waals surface area contributed by atoms with Gasteiger partial charge in [-0.05, 0) is 49.2 Å². The van der Waals surface area contributed by atoms with Gasteiger partial charge >= 0.3 is 5.97 Å². The smallest absolute Gasteiger partial charge is 0.306 e. The molecule has 1 aliphatic heterocycles. The highest BCUT2D eigenvalue weighted by molar-refractivity contribution is 6.55. The molecular formula is C28H22Cl4N2O6. The second-order valence-electron chi connectivity index (χ2n) is 8.73. The number of esters is 1. The Bertz CT molecular complexity index is 1400. The quantitative estimate of drug-likeness (QED) is 0.0783. The minimum absolute atomic E-state index is 0.0654. The number of nitrogens with zero attached hydrogens (tertiary/aromatic N) is 1. The number of fused-ring (bicyclic) bond motifs is 1. The number of halogens is 4. The fraction of sp³-hybridized carbons (Fsp3) is 0.214. The number of benzene rings is 3. The normalized spacial score (nSPS) is 12.3. The van der Waals surface area contributed by atoms with Gasteiger partial charge in [0, 0.05) is 18.7 Å². The topological polar surface area (TPSA) is 102 Å². The molecule has 0 fully saturated rings. The Morgan fingerprint density at radius 3 is 1.90 bits per heavy atom. The maximum atomic E-state index is 12.7. The molecule has 0 saturated heterocycles. The van der Waals surface area contributed by atoms with Crippen LogP contribution in [0.25, 0.3) is 0 Å². The summed E-state index contributed by atoms with van der Waals surface area (Å²) in [7, 11) is 0. The van der Waals surface area contributed by atoms with Crippen LogP contribution in [0.3, 0.4) is 0 Å². The third kappa shape index (κ3) is 6.88. The summed E-state index contributed by atoms with van der Waals surface area (Å²) in [6.07, 6.45) is 1.46. The molecule has 0 saturated carbocycles. The van der Waals surface area contributed by atoms with Crippen LogP contribution in [0.4, 0.5) is 5.69 Å². The minimum Gasteiger partial charge on any atom is -0.457 e. The van der Waals surface area contributed by atoms with E-state index in [4.69, 9.17) is 55.9 Å². The number of unbranched alkanes of at least 4 members (excludes halogenated alkanes) is 2. The number of para-hydroxylation sites is 1. The van der Waals surface area contributed by atoms with Crippen LogP contribution >= 0.6 is 46.4 Å². The van der Waals surface area contributed by atoms with Gasteiger partial charge in [0.25, 0.3) is 17.7 Å². The van der Waals surface area contributed by atoms with Crippen LogP contribution in [0.2, 0.25) is 20.1 Å². The van der Waals surface area contributed by atoms with Crippen LogP contribution in [-0.2, 0) is 14.3 Å². The summed E-state index contributed by atoms with van der Waals surface area (Å²) in [6, 6.07) is 16.1.